The molecule has 102 valence electrons. The molecule has 0 bridgehead atoms. The summed E-state index contributed by atoms with van der Waals surface area (Å²) in [6, 6.07) is 7.14. The van der Waals surface area contributed by atoms with Gasteiger partial charge in [0.15, 0.2) is 0 Å². The number of aryl methyl sites for hydroxylation is 1. The fourth-order valence-corrected chi connectivity index (χ4v) is 2.88. The molecule has 1 aromatic heterocycles. The topological polar surface area (TPSA) is 24.9 Å². The number of nitrogens with one attached hydrogen (secondary N) is 1. The summed E-state index contributed by atoms with van der Waals surface area (Å²) in [6.45, 7) is 6.30. The van der Waals surface area contributed by atoms with Gasteiger partial charge in [0, 0.05) is 17.1 Å². The number of nitrogens with zero attached hydrogens (tertiary/aromatic N) is 1. The molecule has 0 aliphatic rings. The van der Waals surface area contributed by atoms with E-state index in [1.165, 1.54) is 17.0 Å². The molecule has 4 heteroatoms. The van der Waals surface area contributed by atoms with Crippen LogP contribution < -0.4 is 5.32 Å². The van der Waals surface area contributed by atoms with Crippen LogP contribution in [-0.2, 0) is 0 Å². The smallest absolute Gasteiger partial charge is 0.123 e. The van der Waals surface area contributed by atoms with Crippen molar-refractivity contribution in [3.8, 4) is 0 Å². The highest BCUT2D eigenvalue weighted by Crippen LogP contribution is 2.24. The fourth-order valence-electron chi connectivity index (χ4n) is 2.09. The molecular weight excluding hydrogens is 259 g/mol. The summed E-state index contributed by atoms with van der Waals surface area (Å²) in [7, 11) is 0. The van der Waals surface area contributed by atoms with Crippen LogP contribution in [0.3, 0.4) is 0 Å². The van der Waals surface area contributed by atoms with Gasteiger partial charge >= 0.3 is 0 Å². The number of halogens is 1. The average Bonchev–Trinajstić information content (AvgIpc) is 2.84. The summed E-state index contributed by atoms with van der Waals surface area (Å²) >= 11 is 1.71. The number of aromatic nitrogens is 1. The van der Waals surface area contributed by atoms with E-state index in [4.69, 9.17) is 0 Å². The highest BCUT2D eigenvalue weighted by Gasteiger charge is 2.15. The molecule has 0 saturated heterocycles. The van der Waals surface area contributed by atoms with Gasteiger partial charge in [0.1, 0.15) is 10.8 Å². The van der Waals surface area contributed by atoms with Gasteiger partial charge in [0.25, 0.3) is 0 Å². The Morgan fingerprint density at radius 1 is 1.32 bits per heavy atom. The van der Waals surface area contributed by atoms with Crippen LogP contribution in [0, 0.1) is 12.7 Å². The lowest BCUT2D eigenvalue weighted by Gasteiger charge is -2.21. The third-order valence-electron chi connectivity index (χ3n) is 3.14. The maximum atomic E-state index is 13.0. The van der Waals surface area contributed by atoms with Gasteiger partial charge in [-0.1, -0.05) is 19.1 Å². The van der Waals surface area contributed by atoms with Gasteiger partial charge < -0.3 is 5.32 Å². The maximum Gasteiger partial charge on any atom is 0.123 e. The van der Waals surface area contributed by atoms with Crippen LogP contribution in [0.25, 0.3) is 0 Å². The second kappa shape index (κ2) is 6.26. The van der Waals surface area contributed by atoms with E-state index in [1.807, 2.05) is 18.3 Å². The number of thiazole rings is 1. The average molecular weight is 278 g/mol. The Hall–Kier alpha value is -1.26. The molecule has 1 aromatic carbocycles. The Bertz CT molecular complexity index is 521. The lowest BCUT2D eigenvalue weighted by molar-refractivity contribution is 0.454. The molecule has 2 nitrogen and oxygen atoms in total. The molecule has 2 aromatic rings. The van der Waals surface area contributed by atoms with Crippen molar-refractivity contribution in [1.82, 2.24) is 10.3 Å². The summed E-state index contributed by atoms with van der Waals surface area (Å²) < 4.78 is 13.0. The van der Waals surface area contributed by atoms with Gasteiger partial charge in [-0.3, -0.25) is 0 Å². The minimum Gasteiger partial charge on any atom is -0.301 e. The predicted molar refractivity (Wildman–Crippen MR) is 77.8 cm³/mol. The van der Waals surface area contributed by atoms with E-state index in [0.29, 0.717) is 0 Å². The molecule has 2 atom stereocenters. The summed E-state index contributed by atoms with van der Waals surface area (Å²) in [6.07, 6.45) is 2.86. The standard InChI is InChI=1S/C15H19FN2S/c1-4-14(12-5-7-13(16)8-6-12)18-11(3)15-17-9-10(2)19-15/h5-9,11,14,18H,4H2,1-3H3. The van der Waals surface area contributed by atoms with Crippen molar-refractivity contribution in [1.29, 1.82) is 0 Å². The molecule has 2 rings (SSSR count). The maximum absolute atomic E-state index is 13.0. The minimum absolute atomic E-state index is 0.192. The first-order valence-electron chi connectivity index (χ1n) is 6.54. The molecule has 0 aliphatic heterocycles. The molecule has 0 radical (unpaired) electrons. The van der Waals surface area contributed by atoms with Crippen LogP contribution in [0.4, 0.5) is 4.39 Å². The van der Waals surface area contributed by atoms with E-state index in [0.717, 1.165) is 17.0 Å². The van der Waals surface area contributed by atoms with Gasteiger partial charge in [-0.25, -0.2) is 9.37 Å². The van der Waals surface area contributed by atoms with Crippen LogP contribution in [0.2, 0.25) is 0 Å². The molecule has 1 heterocycles. The third kappa shape index (κ3) is 3.61. The Labute approximate surface area is 117 Å². The van der Waals surface area contributed by atoms with Crippen molar-refractivity contribution in [2.75, 3.05) is 0 Å². The lowest BCUT2D eigenvalue weighted by Crippen LogP contribution is -2.24. The Balaban J connectivity index is 2.08. The Kier molecular flexibility index (Phi) is 4.66. The van der Waals surface area contributed by atoms with Gasteiger partial charge in [-0.15, -0.1) is 11.3 Å². The van der Waals surface area contributed by atoms with Crippen LogP contribution in [-0.4, -0.2) is 4.98 Å². The summed E-state index contributed by atoms with van der Waals surface area (Å²) in [5.74, 6) is -0.192. The largest absolute Gasteiger partial charge is 0.301 e. The lowest BCUT2D eigenvalue weighted by atomic mass is 10.0. The van der Waals surface area contributed by atoms with E-state index in [2.05, 4.69) is 31.1 Å². The molecule has 0 amide bonds. The highest BCUT2D eigenvalue weighted by atomic mass is 32.1. The van der Waals surface area contributed by atoms with Crippen molar-refractivity contribution >= 4 is 11.3 Å². The van der Waals surface area contributed by atoms with E-state index in [9.17, 15) is 4.39 Å². The molecular formula is C15H19FN2S. The Morgan fingerprint density at radius 3 is 2.53 bits per heavy atom. The quantitative estimate of drug-likeness (QED) is 0.877. The number of hydrogen-bond acceptors (Lipinski definition) is 3. The zero-order valence-corrected chi connectivity index (χ0v) is 12.3. The van der Waals surface area contributed by atoms with Crippen LogP contribution in [0.5, 0.6) is 0 Å². The van der Waals surface area contributed by atoms with Crippen molar-refractivity contribution in [2.24, 2.45) is 0 Å². The van der Waals surface area contributed by atoms with Crippen molar-refractivity contribution in [3.05, 3.63) is 51.7 Å². The van der Waals surface area contributed by atoms with E-state index < -0.39 is 0 Å². The molecule has 19 heavy (non-hydrogen) atoms. The molecule has 1 N–H and O–H groups in total. The predicted octanol–water partition coefficient (Wildman–Crippen LogP) is 4.39. The summed E-state index contributed by atoms with van der Waals surface area (Å²) in [4.78, 5) is 5.63. The number of benzene rings is 1. The number of hydrogen-bond donors (Lipinski definition) is 1. The van der Waals surface area contributed by atoms with Crippen LogP contribution in [0.15, 0.2) is 30.5 Å². The second-order valence-corrected chi connectivity index (χ2v) is 5.98. The fraction of sp³-hybridized carbons (Fsp3) is 0.400. The third-order valence-corrected chi connectivity index (χ3v) is 4.24. The molecule has 0 saturated carbocycles. The SMILES string of the molecule is CCC(NC(C)c1ncc(C)s1)c1ccc(F)cc1. The zero-order valence-electron chi connectivity index (χ0n) is 11.5. The van der Waals surface area contributed by atoms with Gasteiger partial charge in [-0.05, 0) is 38.0 Å². The van der Waals surface area contributed by atoms with E-state index >= 15 is 0 Å². The van der Waals surface area contributed by atoms with Crippen LogP contribution >= 0.6 is 11.3 Å². The zero-order chi connectivity index (χ0) is 13.8. The van der Waals surface area contributed by atoms with E-state index in [1.54, 1.807) is 11.3 Å². The van der Waals surface area contributed by atoms with Crippen molar-refractivity contribution < 1.29 is 4.39 Å². The Morgan fingerprint density at radius 2 is 2.00 bits per heavy atom. The second-order valence-electron chi connectivity index (χ2n) is 4.71. The molecule has 2 unspecified atom stereocenters. The van der Waals surface area contributed by atoms with Gasteiger partial charge in [-0.2, -0.15) is 0 Å². The summed E-state index contributed by atoms with van der Waals surface area (Å²) in [5, 5.41) is 4.65. The van der Waals surface area contributed by atoms with Gasteiger partial charge in [0.05, 0.1) is 6.04 Å². The first kappa shape index (κ1) is 14.2. The first-order valence-corrected chi connectivity index (χ1v) is 7.35. The number of rotatable bonds is 5. The van der Waals surface area contributed by atoms with Crippen molar-refractivity contribution in [3.63, 3.8) is 0 Å². The molecule has 0 spiro atoms. The van der Waals surface area contributed by atoms with Crippen molar-refractivity contribution in [2.45, 2.75) is 39.3 Å². The molecule has 0 aliphatic carbocycles. The monoisotopic (exact) mass is 278 g/mol. The minimum atomic E-state index is -0.192. The normalized spacial score (nSPS) is 14.3. The first-order chi connectivity index (χ1) is 9.10. The summed E-state index contributed by atoms with van der Waals surface area (Å²) in [5.41, 5.74) is 1.11. The van der Waals surface area contributed by atoms with Crippen LogP contribution in [0.1, 0.15) is 47.8 Å². The molecule has 0 fully saturated rings. The highest BCUT2D eigenvalue weighted by molar-refractivity contribution is 7.11. The van der Waals surface area contributed by atoms with Gasteiger partial charge in [0.2, 0.25) is 0 Å². The van der Waals surface area contributed by atoms with E-state index in [-0.39, 0.29) is 17.9 Å².